The number of ether oxygens (including phenoxy) is 1. The molecule has 11 rings (SSSR count). The molecule has 1 aromatic carbocycles. The lowest BCUT2D eigenvalue weighted by molar-refractivity contribution is -0.136. The molecule has 0 radical (unpaired) electrons. The summed E-state index contributed by atoms with van der Waals surface area (Å²) in [4.78, 5) is 75.0. The zero-order valence-electron chi connectivity index (χ0n) is 35.4. The Balaban J connectivity index is 0.645. The monoisotopic (exact) mass is 879 g/mol. The van der Waals surface area contributed by atoms with Crippen molar-refractivity contribution in [3.63, 3.8) is 0 Å². The van der Waals surface area contributed by atoms with Crippen LogP contribution in [0.1, 0.15) is 120 Å². The molecular formula is C45H51F2N11O6. The first-order valence-corrected chi connectivity index (χ1v) is 22.7. The summed E-state index contributed by atoms with van der Waals surface area (Å²) in [7, 11) is 0. The second kappa shape index (κ2) is 16.0. The summed E-state index contributed by atoms with van der Waals surface area (Å²) in [6.07, 6.45) is 11.1. The molecule has 336 valence electrons. The summed E-state index contributed by atoms with van der Waals surface area (Å²) in [5.74, 6) is -0.934. The lowest BCUT2D eigenvalue weighted by Crippen LogP contribution is -2.58. The molecule has 4 saturated heterocycles. The van der Waals surface area contributed by atoms with Crippen LogP contribution < -0.4 is 20.9 Å². The second-order valence-corrected chi connectivity index (χ2v) is 19.1. The van der Waals surface area contributed by atoms with Gasteiger partial charge in [0.2, 0.25) is 11.8 Å². The minimum atomic E-state index is -2.86. The number of hydrogen-bond donors (Lipinski definition) is 3. The molecule has 2 bridgehead atoms. The van der Waals surface area contributed by atoms with Crippen LogP contribution in [0.25, 0.3) is 5.65 Å². The molecule has 64 heavy (non-hydrogen) atoms. The van der Waals surface area contributed by atoms with E-state index in [1.165, 1.54) is 10.7 Å². The van der Waals surface area contributed by atoms with Crippen molar-refractivity contribution < 1.29 is 37.5 Å². The van der Waals surface area contributed by atoms with Crippen molar-refractivity contribution in [1.29, 1.82) is 0 Å². The topological polar surface area (TPSA) is 188 Å². The summed E-state index contributed by atoms with van der Waals surface area (Å²) >= 11 is 0. The zero-order chi connectivity index (χ0) is 43.9. The summed E-state index contributed by atoms with van der Waals surface area (Å²) < 4.78 is 37.5. The molecule has 19 heteroatoms. The van der Waals surface area contributed by atoms with Crippen LogP contribution in [0.5, 0.6) is 0 Å². The number of rotatable bonds is 11. The summed E-state index contributed by atoms with van der Waals surface area (Å²) in [6.45, 7) is 5.22. The Bertz CT molecular complexity index is 2540. The minimum Gasteiger partial charge on any atom is -0.384 e. The molecule has 3 atom stereocenters. The van der Waals surface area contributed by atoms with Gasteiger partial charge in [-0.25, -0.2) is 18.3 Å². The van der Waals surface area contributed by atoms with Gasteiger partial charge >= 0.3 is 0 Å². The van der Waals surface area contributed by atoms with Gasteiger partial charge in [-0.05, 0) is 99.7 Å². The number of anilines is 3. The molecule has 4 aromatic rings. The number of nitrogens with one attached hydrogen (secondary N) is 3. The molecular weight excluding hydrogens is 829 g/mol. The van der Waals surface area contributed by atoms with Crippen LogP contribution >= 0.6 is 0 Å². The summed E-state index contributed by atoms with van der Waals surface area (Å²) in [6, 6.07) is 6.23. The SMILES string of the molecule is O=C1CCC(N2C(=O)c3cccc(NCC4CCC5(CC4)CN(C[C@H]4CC[C@H](n6cc(NC(=O)c7cnn8ccc(N9C[C@H]%10C[C@@H]9CO%10)nc78)c(C(F)F)n6)CC4)C5)c3C2=O)C(=O)N1. The number of hydrogen-bond acceptors (Lipinski definition) is 12. The van der Waals surface area contributed by atoms with Crippen LogP contribution in [-0.2, 0) is 14.3 Å². The highest BCUT2D eigenvalue weighted by Gasteiger charge is 2.47. The van der Waals surface area contributed by atoms with Gasteiger partial charge < -0.3 is 25.2 Å². The third-order valence-corrected chi connectivity index (χ3v) is 15.0. The fourth-order valence-corrected chi connectivity index (χ4v) is 11.6. The van der Waals surface area contributed by atoms with Crippen molar-refractivity contribution in [2.75, 3.05) is 54.9 Å². The average Bonchev–Trinajstić information content (AvgIpc) is 4.13. The first-order chi connectivity index (χ1) is 31.0. The van der Waals surface area contributed by atoms with Gasteiger partial charge in [0.1, 0.15) is 17.4 Å². The Morgan fingerprint density at radius 2 is 1.77 bits per heavy atom. The largest absolute Gasteiger partial charge is 0.384 e. The smallest absolute Gasteiger partial charge is 0.284 e. The lowest BCUT2D eigenvalue weighted by Gasteiger charge is -2.54. The first-order valence-electron chi connectivity index (χ1n) is 22.7. The molecule has 6 fully saturated rings. The molecule has 3 aromatic heterocycles. The van der Waals surface area contributed by atoms with Crippen molar-refractivity contribution in [3.05, 3.63) is 65.2 Å². The number of carbonyl (C=O) groups excluding carboxylic acids is 5. The third-order valence-electron chi connectivity index (χ3n) is 15.0. The van der Waals surface area contributed by atoms with Gasteiger partial charge in [0.15, 0.2) is 11.3 Å². The van der Waals surface area contributed by atoms with Crippen molar-refractivity contribution in [2.24, 2.45) is 17.3 Å². The number of alkyl halides is 2. The maximum atomic E-state index is 14.3. The highest BCUT2D eigenvalue weighted by atomic mass is 19.3. The number of likely N-dealkylation sites (tertiary alicyclic amines) is 1. The van der Waals surface area contributed by atoms with E-state index in [2.05, 4.69) is 35.9 Å². The van der Waals surface area contributed by atoms with E-state index in [0.29, 0.717) is 41.7 Å². The van der Waals surface area contributed by atoms with Crippen molar-refractivity contribution in [2.45, 2.75) is 101 Å². The van der Waals surface area contributed by atoms with E-state index in [4.69, 9.17) is 9.72 Å². The Labute approximate surface area is 367 Å². The normalized spacial score (nSPS) is 26.9. The highest BCUT2D eigenvalue weighted by molar-refractivity contribution is 6.25. The third kappa shape index (κ3) is 7.29. The molecule has 5 aliphatic heterocycles. The minimum absolute atomic E-state index is 0.00320. The maximum Gasteiger partial charge on any atom is 0.284 e. The predicted molar refractivity (Wildman–Crippen MR) is 227 cm³/mol. The van der Waals surface area contributed by atoms with E-state index in [1.807, 2.05) is 6.07 Å². The molecule has 1 unspecified atom stereocenters. The van der Waals surface area contributed by atoms with Gasteiger partial charge in [-0.15, -0.1) is 0 Å². The number of aromatic nitrogens is 5. The number of amides is 5. The van der Waals surface area contributed by atoms with Crippen molar-refractivity contribution in [3.8, 4) is 0 Å². The fraction of sp³-hybridized carbons (Fsp3) is 0.556. The van der Waals surface area contributed by atoms with Crippen LogP contribution in [0.15, 0.2) is 42.9 Å². The van der Waals surface area contributed by atoms with Crippen LogP contribution in [-0.4, -0.2) is 121 Å². The van der Waals surface area contributed by atoms with E-state index < -0.39 is 47.7 Å². The highest BCUT2D eigenvalue weighted by Crippen LogP contribution is 2.47. The van der Waals surface area contributed by atoms with Gasteiger partial charge in [-0.1, -0.05) is 6.07 Å². The van der Waals surface area contributed by atoms with E-state index in [9.17, 15) is 32.8 Å². The summed E-state index contributed by atoms with van der Waals surface area (Å²) in [5.41, 5.74) is 1.57. The zero-order valence-corrected chi connectivity index (χ0v) is 35.4. The van der Waals surface area contributed by atoms with Gasteiger partial charge in [-0.2, -0.15) is 10.2 Å². The molecule has 7 aliphatic rings. The quantitative estimate of drug-likeness (QED) is 0.175. The number of benzene rings is 1. The van der Waals surface area contributed by atoms with Gasteiger partial charge in [0, 0.05) is 57.2 Å². The number of imide groups is 2. The fourth-order valence-electron chi connectivity index (χ4n) is 11.6. The predicted octanol–water partition coefficient (Wildman–Crippen LogP) is 4.83. The Kier molecular flexibility index (Phi) is 10.2. The first kappa shape index (κ1) is 40.9. The molecule has 8 heterocycles. The Morgan fingerprint density at radius 1 is 0.953 bits per heavy atom. The van der Waals surface area contributed by atoms with E-state index in [0.717, 1.165) is 94.7 Å². The Morgan fingerprint density at radius 3 is 2.50 bits per heavy atom. The van der Waals surface area contributed by atoms with Crippen molar-refractivity contribution in [1.82, 2.24) is 39.5 Å². The van der Waals surface area contributed by atoms with Crippen LogP contribution in [0.4, 0.5) is 26.0 Å². The number of halogens is 2. The second-order valence-electron chi connectivity index (χ2n) is 19.1. The van der Waals surface area contributed by atoms with E-state index in [-0.39, 0.29) is 53.4 Å². The molecule has 5 amide bonds. The number of morpholine rings is 1. The van der Waals surface area contributed by atoms with Crippen LogP contribution in [0.3, 0.4) is 0 Å². The van der Waals surface area contributed by atoms with Gasteiger partial charge in [0.05, 0.1) is 47.8 Å². The average molecular weight is 880 g/mol. The molecule has 17 nitrogen and oxygen atoms in total. The molecule has 2 saturated carbocycles. The maximum absolute atomic E-state index is 14.3. The molecule has 1 spiro atoms. The van der Waals surface area contributed by atoms with Crippen molar-refractivity contribution >= 4 is 52.4 Å². The number of piperidine rings is 1. The van der Waals surface area contributed by atoms with Gasteiger partial charge in [-0.3, -0.25) is 38.9 Å². The van der Waals surface area contributed by atoms with Crippen LogP contribution in [0.2, 0.25) is 0 Å². The van der Waals surface area contributed by atoms with Gasteiger partial charge in [0.25, 0.3) is 24.1 Å². The number of carbonyl (C=O) groups is 5. The van der Waals surface area contributed by atoms with Crippen LogP contribution in [0, 0.1) is 17.3 Å². The van der Waals surface area contributed by atoms with E-state index >= 15 is 0 Å². The van der Waals surface area contributed by atoms with E-state index in [1.54, 1.807) is 35.3 Å². The molecule has 2 aliphatic carbocycles. The summed E-state index contributed by atoms with van der Waals surface area (Å²) in [5, 5.41) is 17.0. The standard InChI is InChI=1S/C45H51F2N11O6/c46-39(47)38-33(50-41(60)31-18-49-56-15-12-35(51-40(31)56)55-20-29-16-28(55)22-64-29)21-57(53-38)27-6-4-26(5-7-27)19-54-23-45(24-54)13-10-25(11-14-45)17-48-32-3-1-2-30-37(32)44(63)58(43(30)62)34-8-9-36(59)52-42(34)61/h1-3,12,15,18,21,25-29,34,39,48H,4-11,13-14,16-17,19-20,22-24H2,(H,50,60)(H,52,59,61)/t26-,27-,28-,29-,34?/m1/s1. The number of nitrogens with zero attached hydrogens (tertiary/aromatic N) is 8. The lowest BCUT2D eigenvalue weighted by atomic mass is 9.65. The molecule has 3 N–H and O–H groups in total. The Hall–Kier alpha value is -5.82. The number of fused-ring (bicyclic) bond motifs is 4.